The van der Waals surface area contributed by atoms with Crippen LogP contribution in [0.3, 0.4) is 0 Å². The Kier molecular flexibility index (Phi) is 7.30. The van der Waals surface area contributed by atoms with Crippen molar-refractivity contribution >= 4 is 29.3 Å². The van der Waals surface area contributed by atoms with Crippen LogP contribution in [0.2, 0.25) is 0 Å². The highest BCUT2D eigenvalue weighted by molar-refractivity contribution is 8.00. The van der Waals surface area contributed by atoms with Gasteiger partial charge in [-0.3, -0.25) is 14.5 Å². The molecule has 5 nitrogen and oxygen atoms in total. The molecule has 1 aliphatic heterocycles. The average Bonchev–Trinajstić information content (AvgIpc) is 2.70. The van der Waals surface area contributed by atoms with Crippen molar-refractivity contribution in [2.75, 3.05) is 43.0 Å². The minimum absolute atomic E-state index is 0.0771. The maximum Gasteiger partial charge on any atom is 0.234 e. The van der Waals surface area contributed by atoms with Gasteiger partial charge in [0.1, 0.15) is 0 Å². The Balaban J connectivity index is 1.33. The Morgan fingerprint density at radius 3 is 2.15 bits per heavy atom. The summed E-state index contributed by atoms with van der Waals surface area (Å²) in [5.74, 6) is 0.675. The minimum atomic E-state index is -0.0771. The molecule has 0 unspecified atom stereocenters. The van der Waals surface area contributed by atoms with Gasteiger partial charge < -0.3 is 10.2 Å². The number of piperazine rings is 1. The zero-order valence-corrected chi connectivity index (χ0v) is 16.2. The molecular formula is C21H25N3O2S. The van der Waals surface area contributed by atoms with Crippen molar-refractivity contribution in [1.82, 2.24) is 9.80 Å². The molecule has 1 saturated heterocycles. The predicted molar refractivity (Wildman–Crippen MR) is 111 cm³/mol. The highest BCUT2D eigenvalue weighted by Crippen LogP contribution is 2.11. The summed E-state index contributed by atoms with van der Waals surface area (Å²) in [7, 11) is 0. The fourth-order valence-electron chi connectivity index (χ4n) is 3.04. The van der Waals surface area contributed by atoms with Gasteiger partial charge in [-0.2, -0.15) is 0 Å². The Morgan fingerprint density at radius 2 is 1.48 bits per heavy atom. The van der Waals surface area contributed by atoms with Crippen LogP contribution in [0.15, 0.2) is 60.7 Å². The second-order valence-corrected chi connectivity index (χ2v) is 7.54. The van der Waals surface area contributed by atoms with Crippen molar-refractivity contribution in [3.05, 3.63) is 66.2 Å². The third-order valence-corrected chi connectivity index (χ3v) is 5.41. The SMILES string of the molecule is O=C(CSCC(=O)N1CCN(Cc2ccccc2)CC1)Nc1ccccc1. The zero-order chi connectivity index (χ0) is 18.9. The molecule has 1 heterocycles. The van der Waals surface area contributed by atoms with Gasteiger partial charge >= 0.3 is 0 Å². The van der Waals surface area contributed by atoms with Crippen molar-refractivity contribution in [3.63, 3.8) is 0 Å². The van der Waals surface area contributed by atoms with Crippen LogP contribution in [-0.4, -0.2) is 59.3 Å². The average molecular weight is 384 g/mol. The lowest BCUT2D eigenvalue weighted by atomic mass is 10.2. The van der Waals surface area contributed by atoms with E-state index in [0.29, 0.717) is 5.75 Å². The molecule has 1 aliphatic rings. The normalized spacial score (nSPS) is 14.7. The van der Waals surface area contributed by atoms with E-state index in [-0.39, 0.29) is 17.6 Å². The van der Waals surface area contributed by atoms with E-state index < -0.39 is 0 Å². The Labute approximate surface area is 164 Å². The molecule has 142 valence electrons. The first-order chi connectivity index (χ1) is 13.2. The monoisotopic (exact) mass is 383 g/mol. The molecule has 0 saturated carbocycles. The highest BCUT2D eigenvalue weighted by Gasteiger charge is 2.21. The number of benzene rings is 2. The second-order valence-electron chi connectivity index (χ2n) is 6.55. The van der Waals surface area contributed by atoms with Gasteiger partial charge in [0, 0.05) is 38.4 Å². The van der Waals surface area contributed by atoms with Gasteiger partial charge in [-0.1, -0.05) is 48.5 Å². The Hall–Kier alpha value is -2.31. The number of rotatable bonds is 7. The minimum Gasteiger partial charge on any atom is -0.339 e. The highest BCUT2D eigenvalue weighted by atomic mass is 32.2. The van der Waals surface area contributed by atoms with Crippen LogP contribution in [0.5, 0.6) is 0 Å². The fraction of sp³-hybridized carbons (Fsp3) is 0.333. The largest absolute Gasteiger partial charge is 0.339 e. The topological polar surface area (TPSA) is 52.7 Å². The van der Waals surface area contributed by atoms with Crippen LogP contribution in [-0.2, 0) is 16.1 Å². The molecular weight excluding hydrogens is 358 g/mol. The molecule has 0 bridgehead atoms. The summed E-state index contributed by atoms with van der Waals surface area (Å²) in [6.45, 7) is 4.21. The molecule has 6 heteroatoms. The lowest BCUT2D eigenvalue weighted by Crippen LogP contribution is -2.48. The van der Waals surface area contributed by atoms with E-state index in [4.69, 9.17) is 0 Å². The van der Waals surface area contributed by atoms with E-state index in [1.165, 1.54) is 17.3 Å². The third kappa shape index (κ3) is 6.41. The molecule has 2 amide bonds. The number of para-hydroxylation sites is 1. The van der Waals surface area contributed by atoms with E-state index in [0.717, 1.165) is 38.4 Å². The molecule has 3 rings (SSSR count). The predicted octanol–water partition coefficient (Wildman–Crippen LogP) is 2.70. The van der Waals surface area contributed by atoms with E-state index in [9.17, 15) is 9.59 Å². The molecule has 0 atom stereocenters. The summed E-state index contributed by atoms with van der Waals surface area (Å²) in [5.41, 5.74) is 2.08. The van der Waals surface area contributed by atoms with Gasteiger partial charge in [0.15, 0.2) is 0 Å². The number of nitrogens with one attached hydrogen (secondary N) is 1. The Morgan fingerprint density at radius 1 is 0.852 bits per heavy atom. The smallest absolute Gasteiger partial charge is 0.234 e. The first kappa shape index (κ1) is 19.5. The number of thioether (sulfide) groups is 1. The number of carbonyl (C=O) groups excluding carboxylic acids is 2. The molecule has 1 N–H and O–H groups in total. The molecule has 1 fully saturated rings. The van der Waals surface area contributed by atoms with Crippen LogP contribution in [0, 0.1) is 0 Å². The van der Waals surface area contributed by atoms with Gasteiger partial charge in [-0.05, 0) is 17.7 Å². The van der Waals surface area contributed by atoms with Gasteiger partial charge in [-0.25, -0.2) is 0 Å². The first-order valence-corrected chi connectivity index (χ1v) is 10.3. The first-order valence-electron chi connectivity index (χ1n) is 9.17. The fourth-order valence-corrected chi connectivity index (χ4v) is 3.75. The van der Waals surface area contributed by atoms with Crippen LogP contribution < -0.4 is 5.32 Å². The van der Waals surface area contributed by atoms with Crippen molar-refractivity contribution in [2.45, 2.75) is 6.54 Å². The van der Waals surface area contributed by atoms with E-state index in [1.54, 1.807) is 0 Å². The number of hydrogen-bond donors (Lipinski definition) is 1. The van der Waals surface area contributed by atoms with Crippen molar-refractivity contribution in [1.29, 1.82) is 0 Å². The maximum atomic E-state index is 12.4. The van der Waals surface area contributed by atoms with Crippen LogP contribution in [0.1, 0.15) is 5.56 Å². The maximum absolute atomic E-state index is 12.4. The molecule has 0 aromatic heterocycles. The lowest BCUT2D eigenvalue weighted by molar-refractivity contribution is -0.130. The summed E-state index contributed by atoms with van der Waals surface area (Å²) in [6, 6.07) is 19.8. The number of hydrogen-bond acceptors (Lipinski definition) is 4. The molecule has 0 radical (unpaired) electrons. The van der Waals surface area contributed by atoms with Gasteiger partial charge in [-0.15, -0.1) is 11.8 Å². The van der Waals surface area contributed by atoms with Gasteiger partial charge in [0.25, 0.3) is 0 Å². The molecule has 27 heavy (non-hydrogen) atoms. The molecule has 2 aromatic carbocycles. The van der Waals surface area contributed by atoms with Gasteiger partial charge in [0.05, 0.1) is 11.5 Å². The van der Waals surface area contributed by atoms with Crippen molar-refractivity contribution < 1.29 is 9.59 Å². The number of nitrogens with zero attached hydrogens (tertiary/aromatic N) is 2. The quantitative estimate of drug-likeness (QED) is 0.799. The summed E-state index contributed by atoms with van der Waals surface area (Å²) < 4.78 is 0. The standard InChI is InChI=1S/C21H25N3O2S/c25-20(22-19-9-5-2-6-10-19)16-27-17-21(26)24-13-11-23(12-14-24)15-18-7-3-1-4-8-18/h1-10H,11-17H2,(H,22,25). The van der Waals surface area contributed by atoms with E-state index in [2.05, 4.69) is 34.5 Å². The van der Waals surface area contributed by atoms with Crippen molar-refractivity contribution in [3.8, 4) is 0 Å². The van der Waals surface area contributed by atoms with Gasteiger partial charge in [0.2, 0.25) is 11.8 Å². The second kappa shape index (κ2) is 10.1. The number of carbonyl (C=O) groups is 2. The molecule has 2 aromatic rings. The molecule has 0 spiro atoms. The molecule has 0 aliphatic carbocycles. The number of anilines is 1. The Bertz CT molecular complexity index is 732. The summed E-state index contributed by atoms with van der Waals surface area (Å²) in [5, 5.41) is 2.83. The zero-order valence-electron chi connectivity index (χ0n) is 15.3. The third-order valence-electron chi connectivity index (χ3n) is 4.49. The van der Waals surface area contributed by atoms with Crippen molar-refractivity contribution in [2.24, 2.45) is 0 Å². The summed E-state index contributed by atoms with van der Waals surface area (Å²) >= 11 is 1.37. The van der Waals surface area contributed by atoms with E-state index >= 15 is 0 Å². The van der Waals surface area contributed by atoms with Crippen LogP contribution in [0.4, 0.5) is 5.69 Å². The van der Waals surface area contributed by atoms with Crippen LogP contribution >= 0.6 is 11.8 Å². The summed E-state index contributed by atoms with van der Waals surface area (Å²) in [6.07, 6.45) is 0. The number of amides is 2. The lowest BCUT2D eigenvalue weighted by Gasteiger charge is -2.34. The van der Waals surface area contributed by atoms with Crippen LogP contribution in [0.25, 0.3) is 0 Å². The summed E-state index contributed by atoms with van der Waals surface area (Å²) in [4.78, 5) is 28.6. The van der Waals surface area contributed by atoms with E-state index in [1.807, 2.05) is 41.3 Å².